The molecule has 0 aliphatic carbocycles. The van der Waals surface area contributed by atoms with Crippen molar-refractivity contribution in [2.75, 3.05) is 6.61 Å². The molecule has 3 rings (SSSR count). The van der Waals surface area contributed by atoms with Crippen LogP contribution in [0.4, 0.5) is 0 Å². The second kappa shape index (κ2) is 5.92. The van der Waals surface area contributed by atoms with E-state index in [9.17, 15) is 24.3 Å². The lowest BCUT2D eigenvalue weighted by Crippen LogP contribution is -2.56. The molecule has 2 atom stereocenters. The number of esters is 1. The molecule has 0 aromatic carbocycles. The van der Waals surface area contributed by atoms with Gasteiger partial charge in [-0.15, -0.1) is 0 Å². The standard InChI is InChI=1S/C13H14N4O7/c18-9(6-16-5-1-4-14-16)15-8-7-23-17(11(8)20)13(12(21)22)3-2-10(19)24-13/h1,4-5,8H,2-3,6-7H2,(H,15,18)(H,21,22). The second-order valence-corrected chi connectivity index (χ2v) is 5.32. The molecule has 2 saturated heterocycles. The second-order valence-electron chi connectivity index (χ2n) is 5.32. The van der Waals surface area contributed by atoms with Gasteiger partial charge in [-0.1, -0.05) is 0 Å². The van der Waals surface area contributed by atoms with Gasteiger partial charge in [-0.3, -0.25) is 23.9 Å². The van der Waals surface area contributed by atoms with Crippen LogP contribution in [0, 0.1) is 0 Å². The van der Waals surface area contributed by atoms with Crippen LogP contribution in [0.3, 0.4) is 0 Å². The van der Waals surface area contributed by atoms with Crippen molar-refractivity contribution in [2.45, 2.75) is 31.2 Å². The summed E-state index contributed by atoms with van der Waals surface area (Å²) in [5.41, 5.74) is -2.18. The third-order valence-electron chi connectivity index (χ3n) is 3.68. The van der Waals surface area contributed by atoms with Crippen molar-refractivity contribution >= 4 is 23.8 Å². The molecular weight excluding hydrogens is 324 g/mol. The summed E-state index contributed by atoms with van der Waals surface area (Å²) in [6.07, 6.45) is 2.72. The molecule has 1 aromatic rings. The topological polar surface area (TPSA) is 140 Å². The molecule has 0 saturated carbocycles. The number of cyclic esters (lactones) is 1. The van der Waals surface area contributed by atoms with Gasteiger partial charge in [-0.05, 0) is 6.07 Å². The van der Waals surface area contributed by atoms with Gasteiger partial charge in [0.05, 0.1) is 6.42 Å². The SMILES string of the molecule is O=C(Cn1cccn1)NC1CON(C2(C(=O)O)CCC(=O)O2)C1=O. The Morgan fingerprint density at radius 2 is 2.25 bits per heavy atom. The summed E-state index contributed by atoms with van der Waals surface area (Å²) in [6.45, 7) is -0.355. The van der Waals surface area contributed by atoms with Gasteiger partial charge in [0, 0.05) is 18.8 Å². The Morgan fingerprint density at radius 3 is 2.83 bits per heavy atom. The van der Waals surface area contributed by atoms with E-state index in [1.807, 2.05) is 0 Å². The molecule has 2 fully saturated rings. The number of carbonyl (C=O) groups is 4. The number of amides is 2. The van der Waals surface area contributed by atoms with Gasteiger partial charge in [0.15, 0.2) is 0 Å². The fraction of sp³-hybridized carbons (Fsp3) is 0.462. The van der Waals surface area contributed by atoms with E-state index >= 15 is 0 Å². The lowest BCUT2D eigenvalue weighted by molar-refractivity contribution is -0.256. The van der Waals surface area contributed by atoms with E-state index in [2.05, 4.69) is 10.4 Å². The van der Waals surface area contributed by atoms with Crippen LogP contribution in [-0.4, -0.2) is 62.1 Å². The van der Waals surface area contributed by atoms with Crippen molar-refractivity contribution in [3.63, 3.8) is 0 Å². The number of aliphatic carboxylic acids is 1. The Hall–Kier alpha value is -2.95. The molecule has 2 aliphatic heterocycles. The van der Waals surface area contributed by atoms with Crippen LogP contribution < -0.4 is 5.32 Å². The summed E-state index contributed by atoms with van der Waals surface area (Å²) in [7, 11) is 0. The first-order valence-electron chi connectivity index (χ1n) is 7.11. The van der Waals surface area contributed by atoms with Gasteiger partial charge < -0.3 is 15.2 Å². The quantitative estimate of drug-likeness (QED) is 0.603. The number of carboxylic acids is 1. The molecule has 24 heavy (non-hydrogen) atoms. The third kappa shape index (κ3) is 2.69. The van der Waals surface area contributed by atoms with Gasteiger partial charge >= 0.3 is 17.7 Å². The zero-order valence-electron chi connectivity index (χ0n) is 12.4. The van der Waals surface area contributed by atoms with Crippen LogP contribution >= 0.6 is 0 Å². The molecule has 0 bridgehead atoms. The van der Waals surface area contributed by atoms with Gasteiger partial charge in [0.25, 0.3) is 5.91 Å². The summed E-state index contributed by atoms with van der Waals surface area (Å²) in [5.74, 6) is -3.53. The van der Waals surface area contributed by atoms with Crippen LogP contribution in [0.1, 0.15) is 12.8 Å². The van der Waals surface area contributed by atoms with Gasteiger partial charge in [0.1, 0.15) is 19.2 Å². The van der Waals surface area contributed by atoms with Gasteiger partial charge in [-0.25, -0.2) is 4.79 Å². The first kappa shape index (κ1) is 15.9. The minimum Gasteiger partial charge on any atom is -0.477 e. The van der Waals surface area contributed by atoms with Gasteiger partial charge in [-0.2, -0.15) is 10.2 Å². The minimum atomic E-state index is -2.18. The Morgan fingerprint density at radius 1 is 1.46 bits per heavy atom. The Labute approximate surface area is 135 Å². The predicted molar refractivity (Wildman–Crippen MR) is 72.6 cm³/mol. The minimum absolute atomic E-state index is 0.101. The third-order valence-corrected chi connectivity index (χ3v) is 3.68. The van der Waals surface area contributed by atoms with E-state index in [-0.39, 0.29) is 26.0 Å². The molecule has 0 radical (unpaired) electrons. The fourth-order valence-electron chi connectivity index (χ4n) is 2.53. The molecule has 128 valence electrons. The number of ether oxygens (including phenoxy) is 1. The maximum atomic E-state index is 12.4. The maximum Gasteiger partial charge on any atom is 0.372 e. The Bertz CT molecular complexity index is 689. The largest absolute Gasteiger partial charge is 0.477 e. The first-order valence-corrected chi connectivity index (χ1v) is 7.11. The lowest BCUT2D eigenvalue weighted by atomic mass is 10.1. The zero-order chi connectivity index (χ0) is 17.3. The number of rotatable bonds is 5. The number of carboxylic acid groups (broad SMARTS) is 1. The molecule has 3 heterocycles. The summed E-state index contributed by atoms with van der Waals surface area (Å²) in [5, 5.41) is 16.2. The molecule has 0 spiro atoms. The summed E-state index contributed by atoms with van der Waals surface area (Å²) >= 11 is 0. The fourth-order valence-corrected chi connectivity index (χ4v) is 2.53. The average molecular weight is 338 g/mol. The van der Waals surface area contributed by atoms with Crippen LogP contribution in [0.2, 0.25) is 0 Å². The van der Waals surface area contributed by atoms with Crippen LogP contribution in [-0.2, 0) is 35.3 Å². The molecule has 11 nitrogen and oxygen atoms in total. The molecular formula is C13H14N4O7. The highest BCUT2D eigenvalue weighted by molar-refractivity contribution is 5.94. The average Bonchev–Trinajstić information content (AvgIpc) is 3.22. The van der Waals surface area contributed by atoms with Crippen molar-refractivity contribution in [2.24, 2.45) is 0 Å². The molecule has 2 N–H and O–H groups in total. The Kier molecular flexibility index (Phi) is 3.93. The predicted octanol–water partition coefficient (Wildman–Crippen LogP) is -1.74. The highest BCUT2D eigenvalue weighted by atomic mass is 16.7. The number of nitrogens with one attached hydrogen (secondary N) is 1. The first-order chi connectivity index (χ1) is 11.4. The van der Waals surface area contributed by atoms with Gasteiger partial charge in [0.2, 0.25) is 5.91 Å². The van der Waals surface area contributed by atoms with Crippen molar-refractivity contribution in [1.82, 2.24) is 20.2 Å². The summed E-state index contributed by atoms with van der Waals surface area (Å²) in [4.78, 5) is 52.2. The number of hydrogen-bond donors (Lipinski definition) is 2. The zero-order valence-corrected chi connectivity index (χ0v) is 12.4. The van der Waals surface area contributed by atoms with E-state index in [4.69, 9.17) is 9.57 Å². The number of hydrogen-bond acceptors (Lipinski definition) is 7. The molecule has 2 unspecified atom stereocenters. The van der Waals surface area contributed by atoms with E-state index in [1.54, 1.807) is 12.3 Å². The summed E-state index contributed by atoms with van der Waals surface area (Å²) < 4.78 is 6.18. The maximum absolute atomic E-state index is 12.4. The van der Waals surface area contributed by atoms with Crippen LogP contribution in [0.15, 0.2) is 18.5 Å². The van der Waals surface area contributed by atoms with Crippen LogP contribution in [0.5, 0.6) is 0 Å². The van der Waals surface area contributed by atoms with Crippen molar-refractivity contribution in [3.05, 3.63) is 18.5 Å². The normalized spacial score (nSPS) is 26.5. The molecule has 2 amide bonds. The van der Waals surface area contributed by atoms with Crippen molar-refractivity contribution < 1.29 is 33.9 Å². The smallest absolute Gasteiger partial charge is 0.372 e. The molecule has 2 aliphatic rings. The monoisotopic (exact) mass is 338 g/mol. The number of hydroxylamine groups is 2. The van der Waals surface area contributed by atoms with Crippen molar-refractivity contribution in [1.29, 1.82) is 0 Å². The number of carbonyl (C=O) groups excluding carboxylic acids is 3. The number of nitrogens with zero attached hydrogens (tertiary/aromatic N) is 3. The van der Waals surface area contributed by atoms with E-state index in [0.717, 1.165) is 0 Å². The summed E-state index contributed by atoms with van der Waals surface area (Å²) in [6, 6.07) is 0.577. The molecule has 1 aromatic heterocycles. The van der Waals surface area contributed by atoms with E-state index in [1.165, 1.54) is 10.9 Å². The molecule has 11 heteroatoms. The van der Waals surface area contributed by atoms with E-state index in [0.29, 0.717) is 5.06 Å². The number of aromatic nitrogens is 2. The Balaban J connectivity index is 1.67. The highest BCUT2D eigenvalue weighted by Crippen LogP contribution is 2.33. The van der Waals surface area contributed by atoms with Crippen molar-refractivity contribution in [3.8, 4) is 0 Å². The van der Waals surface area contributed by atoms with Crippen LogP contribution in [0.25, 0.3) is 0 Å². The lowest BCUT2D eigenvalue weighted by Gasteiger charge is -2.30. The van der Waals surface area contributed by atoms with E-state index < -0.39 is 35.5 Å². The highest BCUT2D eigenvalue weighted by Gasteiger charge is 2.59.